The van der Waals surface area contributed by atoms with Crippen molar-refractivity contribution in [2.75, 3.05) is 0 Å². The van der Waals surface area contributed by atoms with Crippen LogP contribution in [0, 0.1) is 13.8 Å². The van der Waals surface area contributed by atoms with E-state index in [9.17, 15) is 9.90 Å². The van der Waals surface area contributed by atoms with Crippen LogP contribution in [-0.2, 0) is 0 Å². The molecular formula is C20H16BrN5O2. The van der Waals surface area contributed by atoms with Crippen LogP contribution in [0.25, 0.3) is 16.6 Å². The van der Waals surface area contributed by atoms with Gasteiger partial charge in [0.1, 0.15) is 5.82 Å². The third-order valence-electron chi connectivity index (χ3n) is 4.35. The number of aromatic nitrogens is 4. The number of nitrogens with zero attached hydrogens (tertiary/aromatic N) is 5. The highest BCUT2D eigenvalue weighted by Crippen LogP contribution is 2.23. The van der Waals surface area contributed by atoms with Crippen molar-refractivity contribution < 1.29 is 5.11 Å². The molecule has 28 heavy (non-hydrogen) atoms. The van der Waals surface area contributed by atoms with E-state index < -0.39 is 0 Å². The van der Waals surface area contributed by atoms with Crippen LogP contribution >= 0.6 is 15.9 Å². The molecule has 0 fully saturated rings. The Morgan fingerprint density at radius 1 is 1.14 bits per heavy atom. The second-order valence-corrected chi connectivity index (χ2v) is 7.17. The van der Waals surface area contributed by atoms with Crippen molar-refractivity contribution in [1.82, 2.24) is 19.4 Å². The lowest BCUT2D eigenvalue weighted by molar-refractivity contribution is 0.433. The van der Waals surface area contributed by atoms with Crippen molar-refractivity contribution in [3.63, 3.8) is 0 Å². The smallest absolute Gasteiger partial charge is 0.282 e. The van der Waals surface area contributed by atoms with Gasteiger partial charge in [-0.1, -0.05) is 34.1 Å². The molecule has 0 bridgehead atoms. The predicted molar refractivity (Wildman–Crippen MR) is 111 cm³/mol. The van der Waals surface area contributed by atoms with Gasteiger partial charge in [0.2, 0.25) is 5.88 Å². The summed E-state index contributed by atoms with van der Waals surface area (Å²) in [7, 11) is 0. The maximum atomic E-state index is 12.8. The molecule has 0 unspecified atom stereocenters. The molecular weight excluding hydrogens is 422 g/mol. The number of aryl methyl sites for hydroxylation is 2. The number of halogens is 1. The fourth-order valence-corrected chi connectivity index (χ4v) is 3.30. The van der Waals surface area contributed by atoms with Gasteiger partial charge in [0.25, 0.3) is 5.56 Å². The molecule has 7 nitrogen and oxygen atoms in total. The van der Waals surface area contributed by atoms with E-state index in [0.717, 1.165) is 10.2 Å². The van der Waals surface area contributed by atoms with Crippen LogP contribution in [0.2, 0.25) is 0 Å². The highest BCUT2D eigenvalue weighted by molar-refractivity contribution is 9.10. The second-order valence-electron chi connectivity index (χ2n) is 6.25. The van der Waals surface area contributed by atoms with Crippen molar-refractivity contribution in [1.29, 1.82) is 0 Å². The Balaban J connectivity index is 1.80. The van der Waals surface area contributed by atoms with E-state index >= 15 is 0 Å². The number of aromatic hydroxyl groups is 1. The van der Waals surface area contributed by atoms with Gasteiger partial charge in [-0.15, -0.1) is 0 Å². The summed E-state index contributed by atoms with van der Waals surface area (Å²) < 4.78 is 3.44. The lowest BCUT2D eigenvalue weighted by atomic mass is 10.2. The molecule has 2 aromatic carbocycles. The SMILES string of the molecule is Cc1nn(-c2ccccc2)c(O)c1/C=N/n1c(C)nc2ccc(Br)cc2c1=O. The molecule has 4 rings (SSSR count). The van der Waals surface area contributed by atoms with Crippen LogP contribution in [0.15, 0.2) is 62.9 Å². The van der Waals surface area contributed by atoms with E-state index in [0.29, 0.717) is 28.0 Å². The third kappa shape index (κ3) is 3.11. The number of hydrogen-bond donors (Lipinski definition) is 1. The maximum Gasteiger partial charge on any atom is 0.282 e. The lowest BCUT2D eigenvalue weighted by Gasteiger charge is -2.05. The van der Waals surface area contributed by atoms with E-state index in [1.165, 1.54) is 15.6 Å². The Morgan fingerprint density at radius 2 is 1.89 bits per heavy atom. The Kier molecular flexibility index (Phi) is 4.56. The van der Waals surface area contributed by atoms with Crippen molar-refractivity contribution in [2.24, 2.45) is 5.10 Å². The van der Waals surface area contributed by atoms with Crippen molar-refractivity contribution in [3.05, 3.63) is 80.4 Å². The molecule has 0 spiro atoms. The van der Waals surface area contributed by atoms with Crippen molar-refractivity contribution in [2.45, 2.75) is 13.8 Å². The van der Waals surface area contributed by atoms with Crippen LogP contribution in [-0.4, -0.2) is 30.8 Å². The normalized spacial score (nSPS) is 11.5. The summed E-state index contributed by atoms with van der Waals surface area (Å²) in [6, 6.07) is 14.6. The maximum absolute atomic E-state index is 12.8. The van der Waals surface area contributed by atoms with Crippen molar-refractivity contribution >= 4 is 33.0 Å². The standard InChI is InChI=1S/C20H16BrN5O2/c1-12-17(20(28)26(24-12)15-6-4-3-5-7-15)11-22-25-13(2)23-18-9-8-14(21)10-16(18)19(25)27/h3-11,28H,1-2H3/b22-11+. The minimum atomic E-state index is -0.285. The van der Waals surface area contributed by atoms with Gasteiger partial charge in [-0.05, 0) is 44.2 Å². The zero-order valence-electron chi connectivity index (χ0n) is 15.2. The molecule has 2 heterocycles. The minimum absolute atomic E-state index is 0.0466. The van der Waals surface area contributed by atoms with E-state index in [-0.39, 0.29) is 11.4 Å². The minimum Gasteiger partial charge on any atom is -0.493 e. The fraction of sp³-hybridized carbons (Fsp3) is 0.100. The van der Waals surface area contributed by atoms with E-state index in [4.69, 9.17) is 0 Å². The summed E-state index contributed by atoms with van der Waals surface area (Å²) in [5, 5.41) is 19.7. The largest absolute Gasteiger partial charge is 0.493 e. The molecule has 2 aromatic heterocycles. The number of para-hydroxylation sites is 1. The van der Waals surface area contributed by atoms with E-state index in [1.807, 2.05) is 36.4 Å². The third-order valence-corrected chi connectivity index (χ3v) is 4.85. The molecule has 0 aliphatic carbocycles. The van der Waals surface area contributed by atoms with Crippen LogP contribution < -0.4 is 5.56 Å². The molecule has 0 saturated carbocycles. The van der Waals surface area contributed by atoms with Gasteiger partial charge in [0.15, 0.2) is 0 Å². The predicted octanol–water partition coefficient (Wildman–Crippen LogP) is 3.55. The van der Waals surface area contributed by atoms with Gasteiger partial charge in [0.05, 0.1) is 34.1 Å². The Hall–Kier alpha value is -3.26. The highest BCUT2D eigenvalue weighted by atomic mass is 79.9. The topological polar surface area (TPSA) is 85.3 Å². The molecule has 0 atom stereocenters. The molecule has 140 valence electrons. The molecule has 1 N–H and O–H groups in total. The lowest BCUT2D eigenvalue weighted by Crippen LogP contribution is -2.20. The highest BCUT2D eigenvalue weighted by Gasteiger charge is 2.14. The summed E-state index contributed by atoms with van der Waals surface area (Å²) >= 11 is 3.37. The molecule has 0 saturated heterocycles. The Bertz CT molecular complexity index is 1280. The number of fused-ring (bicyclic) bond motifs is 1. The van der Waals surface area contributed by atoms with Crippen LogP contribution in [0.4, 0.5) is 0 Å². The van der Waals surface area contributed by atoms with Gasteiger partial charge in [-0.2, -0.15) is 14.9 Å². The van der Waals surface area contributed by atoms with Gasteiger partial charge in [-0.3, -0.25) is 4.79 Å². The van der Waals surface area contributed by atoms with Gasteiger partial charge in [-0.25, -0.2) is 9.67 Å². The summed E-state index contributed by atoms with van der Waals surface area (Å²) in [6.07, 6.45) is 1.43. The zero-order valence-corrected chi connectivity index (χ0v) is 16.8. The van der Waals surface area contributed by atoms with E-state index in [1.54, 1.807) is 26.0 Å². The number of rotatable bonds is 3. The fourth-order valence-electron chi connectivity index (χ4n) is 2.94. The molecule has 0 aliphatic heterocycles. The first-order chi connectivity index (χ1) is 13.5. The summed E-state index contributed by atoms with van der Waals surface area (Å²) in [5.74, 6) is 0.401. The quantitative estimate of drug-likeness (QED) is 0.496. The number of benzene rings is 2. The Labute approximate surface area is 168 Å². The van der Waals surface area contributed by atoms with Crippen LogP contribution in [0.1, 0.15) is 17.1 Å². The zero-order chi connectivity index (χ0) is 19.8. The molecule has 0 amide bonds. The second kappa shape index (κ2) is 7.05. The number of hydrogen-bond acceptors (Lipinski definition) is 5. The van der Waals surface area contributed by atoms with Crippen molar-refractivity contribution in [3.8, 4) is 11.6 Å². The Morgan fingerprint density at radius 3 is 2.64 bits per heavy atom. The average molecular weight is 438 g/mol. The monoisotopic (exact) mass is 437 g/mol. The van der Waals surface area contributed by atoms with Crippen LogP contribution in [0.3, 0.4) is 0 Å². The molecule has 4 aromatic rings. The first-order valence-electron chi connectivity index (χ1n) is 8.53. The molecule has 8 heteroatoms. The summed E-state index contributed by atoms with van der Waals surface area (Å²) in [6.45, 7) is 3.48. The van der Waals surface area contributed by atoms with E-state index in [2.05, 4.69) is 31.1 Å². The first kappa shape index (κ1) is 18.1. The first-order valence-corrected chi connectivity index (χ1v) is 9.32. The van der Waals surface area contributed by atoms with Gasteiger partial charge < -0.3 is 5.11 Å². The average Bonchev–Trinajstić information content (AvgIpc) is 2.97. The van der Waals surface area contributed by atoms with Gasteiger partial charge in [0, 0.05) is 4.47 Å². The van der Waals surface area contributed by atoms with Gasteiger partial charge >= 0.3 is 0 Å². The summed E-state index contributed by atoms with van der Waals surface area (Å²) in [4.78, 5) is 17.3. The van der Waals surface area contributed by atoms with Crippen LogP contribution in [0.5, 0.6) is 5.88 Å². The molecule has 0 radical (unpaired) electrons. The molecule has 0 aliphatic rings. The summed E-state index contributed by atoms with van der Waals surface area (Å²) in [5.41, 5.74) is 2.07.